The molecular formula is C10H7F5O2. The molecule has 17 heavy (non-hydrogen) atoms. The van der Waals surface area contributed by atoms with E-state index in [-0.39, 0.29) is 5.56 Å². The van der Waals surface area contributed by atoms with E-state index in [0.717, 1.165) is 6.92 Å². The second kappa shape index (κ2) is 5.11. The van der Waals surface area contributed by atoms with E-state index in [0.29, 0.717) is 12.1 Å². The lowest BCUT2D eigenvalue weighted by molar-refractivity contribution is -0.0526. The van der Waals surface area contributed by atoms with Crippen LogP contribution in [0, 0.1) is 5.82 Å². The molecule has 1 rings (SSSR count). The van der Waals surface area contributed by atoms with Gasteiger partial charge in [-0.3, -0.25) is 4.79 Å². The first-order valence-corrected chi connectivity index (χ1v) is 4.40. The van der Waals surface area contributed by atoms with Crippen LogP contribution in [-0.4, -0.2) is 12.4 Å². The molecule has 1 aromatic carbocycles. The van der Waals surface area contributed by atoms with Crippen LogP contribution in [0.3, 0.4) is 0 Å². The molecule has 0 aliphatic heterocycles. The number of ketones is 1. The second-order valence-electron chi connectivity index (χ2n) is 3.11. The van der Waals surface area contributed by atoms with E-state index in [1.165, 1.54) is 0 Å². The first-order chi connectivity index (χ1) is 7.82. The maximum absolute atomic E-state index is 13.3. The number of benzene rings is 1. The lowest BCUT2D eigenvalue weighted by Gasteiger charge is -2.10. The number of carbonyl (C=O) groups excluding carboxylic acids is 1. The van der Waals surface area contributed by atoms with Crippen molar-refractivity contribution in [1.82, 2.24) is 0 Å². The molecule has 0 saturated heterocycles. The molecule has 0 atom stereocenters. The number of hydrogen-bond donors (Lipinski definition) is 0. The zero-order chi connectivity index (χ0) is 13.2. The highest BCUT2D eigenvalue weighted by molar-refractivity contribution is 5.94. The van der Waals surface area contributed by atoms with Gasteiger partial charge in [-0.05, 0) is 19.1 Å². The molecule has 0 aromatic heterocycles. The Hall–Kier alpha value is -1.66. The number of rotatable bonds is 4. The summed E-state index contributed by atoms with van der Waals surface area (Å²) < 4.78 is 65.6. The summed E-state index contributed by atoms with van der Waals surface area (Å²) in [7, 11) is 0. The molecule has 0 fully saturated rings. The van der Waals surface area contributed by atoms with Crippen molar-refractivity contribution in [1.29, 1.82) is 0 Å². The average Bonchev–Trinajstić information content (AvgIpc) is 2.19. The smallest absolute Gasteiger partial charge is 0.387 e. The van der Waals surface area contributed by atoms with Crippen LogP contribution in [0.15, 0.2) is 12.1 Å². The first-order valence-electron chi connectivity index (χ1n) is 4.40. The molecule has 94 valence electrons. The molecule has 0 aliphatic rings. The average molecular weight is 254 g/mol. The van der Waals surface area contributed by atoms with Gasteiger partial charge in [0.1, 0.15) is 0 Å². The zero-order valence-electron chi connectivity index (χ0n) is 8.52. The quantitative estimate of drug-likeness (QED) is 0.606. The van der Waals surface area contributed by atoms with Crippen LogP contribution in [-0.2, 0) is 0 Å². The number of hydrogen-bond acceptors (Lipinski definition) is 2. The zero-order valence-corrected chi connectivity index (χ0v) is 8.52. The summed E-state index contributed by atoms with van der Waals surface area (Å²) in [6, 6.07) is 1.27. The molecule has 0 saturated carbocycles. The maximum Gasteiger partial charge on any atom is 0.387 e. The van der Waals surface area contributed by atoms with Crippen molar-refractivity contribution in [2.45, 2.75) is 20.0 Å². The van der Waals surface area contributed by atoms with Gasteiger partial charge < -0.3 is 4.74 Å². The molecule has 0 heterocycles. The monoisotopic (exact) mass is 254 g/mol. The van der Waals surface area contributed by atoms with Crippen molar-refractivity contribution >= 4 is 5.78 Å². The van der Waals surface area contributed by atoms with E-state index in [9.17, 15) is 26.7 Å². The highest BCUT2D eigenvalue weighted by Crippen LogP contribution is 2.31. The number of Topliss-reactive ketones (excluding diaryl/α,β-unsaturated/α-hetero) is 1. The number of halogens is 5. The Morgan fingerprint density at radius 2 is 1.82 bits per heavy atom. The topological polar surface area (TPSA) is 26.3 Å². The highest BCUT2D eigenvalue weighted by Gasteiger charge is 2.22. The van der Waals surface area contributed by atoms with Crippen molar-refractivity contribution in [2.24, 2.45) is 0 Å². The third-order valence-corrected chi connectivity index (χ3v) is 1.93. The minimum absolute atomic E-state index is 0.322. The van der Waals surface area contributed by atoms with Gasteiger partial charge in [-0.2, -0.15) is 8.78 Å². The maximum atomic E-state index is 13.3. The molecule has 0 aliphatic carbocycles. The van der Waals surface area contributed by atoms with Crippen molar-refractivity contribution < 1.29 is 31.5 Å². The SMILES string of the molecule is CC(=O)c1cc(OC(F)F)c(F)c(C(F)F)c1. The minimum atomic E-state index is -3.36. The molecule has 1 aromatic rings. The molecule has 0 amide bonds. The van der Waals surface area contributed by atoms with Crippen LogP contribution < -0.4 is 4.74 Å². The summed E-state index contributed by atoms with van der Waals surface area (Å²) in [4.78, 5) is 11.0. The Balaban J connectivity index is 3.32. The fourth-order valence-electron chi connectivity index (χ4n) is 1.16. The molecule has 0 spiro atoms. The summed E-state index contributed by atoms with van der Waals surface area (Å²) in [6.07, 6.45) is -3.23. The first kappa shape index (κ1) is 13.4. The van der Waals surface area contributed by atoms with Gasteiger partial charge in [-0.1, -0.05) is 0 Å². The van der Waals surface area contributed by atoms with Crippen LogP contribution in [0.1, 0.15) is 29.3 Å². The number of carbonyl (C=O) groups is 1. The second-order valence-corrected chi connectivity index (χ2v) is 3.11. The standard InChI is InChI=1S/C10H7F5O2/c1-4(16)5-2-6(9(12)13)8(11)7(3-5)17-10(14)15/h2-3,9-10H,1H3. The largest absolute Gasteiger partial charge is 0.432 e. The Morgan fingerprint density at radius 3 is 2.24 bits per heavy atom. The molecule has 0 radical (unpaired) electrons. The van der Waals surface area contributed by atoms with Gasteiger partial charge in [-0.25, -0.2) is 13.2 Å². The van der Waals surface area contributed by atoms with Crippen molar-refractivity contribution in [3.63, 3.8) is 0 Å². The summed E-state index contributed by atoms with van der Waals surface area (Å²) in [5, 5.41) is 0. The van der Waals surface area contributed by atoms with Gasteiger partial charge in [0.15, 0.2) is 17.3 Å². The van der Waals surface area contributed by atoms with Gasteiger partial charge in [-0.15, -0.1) is 0 Å². The van der Waals surface area contributed by atoms with E-state index in [1.54, 1.807) is 0 Å². The fourth-order valence-corrected chi connectivity index (χ4v) is 1.16. The Labute approximate surface area is 93.0 Å². The van der Waals surface area contributed by atoms with Crippen LogP contribution in [0.4, 0.5) is 22.0 Å². The minimum Gasteiger partial charge on any atom is -0.432 e. The molecule has 0 unspecified atom stereocenters. The van der Waals surface area contributed by atoms with E-state index in [4.69, 9.17) is 0 Å². The Morgan fingerprint density at radius 1 is 1.24 bits per heavy atom. The molecule has 2 nitrogen and oxygen atoms in total. The van der Waals surface area contributed by atoms with Gasteiger partial charge in [0.2, 0.25) is 0 Å². The highest BCUT2D eigenvalue weighted by atomic mass is 19.3. The summed E-state index contributed by atoms with van der Waals surface area (Å²) in [5.74, 6) is -3.32. The van der Waals surface area contributed by atoms with Crippen LogP contribution in [0.2, 0.25) is 0 Å². The lowest BCUT2D eigenvalue weighted by atomic mass is 10.1. The predicted molar refractivity (Wildman–Crippen MR) is 48.0 cm³/mol. The van der Waals surface area contributed by atoms with Gasteiger partial charge >= 0.3 is 6.61 Å². The van der Waals surface area contributed by atoms with E-state index >= 15 is 0 Å². The fraction of sp³-hybridized carbons (Fsp3) is 0.300. The molecule has 7 heteroatoms. The third-order valence-electron chi connectivity index (χ3n) is 1.93. The Kier molecular flexibility index (Phi) is 4.03. The van der Waals surface area contributed by atoms with Crippen molar-refractivity contribution in [3.05, 3.63) is 29.1 Å². The normalized spacial score (nSPS) is 11.1. The van der Waals surface area contributed by atoms with Crippen LogP contribution in [0.25, 0.3) is 0 Å². The number of ether oxygens (including phenoxy) is 1. The Bertz CT molecular complexity index is 431. The van der Waals surface area contributed by atoms with E-state index in [1.807, 2.05) is 0 Å². The van der Waals surface area contributed by atoms with Crippen LogP contribution in [0.5, 0.6) is 5.75 Å². The van der Waals surface area contributed by atoms with Crippen molar-refractivity contribution in [3.8, 4) is 5.75 Å². The molecule has 0 N–H and O–H groups in total. The van der Waals surface area contributed by atoms with Crippen LogP contribution >= 0.6 is 0 Å². The molecular weight excluding hydrogens is 247 g/mol. The van der Waals surface area contributed by atoms with Gasteiger partial charge in [0.25, 0.3) is 6.43 Å². The third kappa shape index (κ3) is 3.15. The number of alkyl halides is 4. The molecule has 0 bridgehead atoms. The summed E-state index contributed by atoms with van der Waals surface area (Å²) in [6.45, 7) is -2.33. The summed E-state index contributed by atoms with van der Waals surface area (Å²) >= 11 is 0. The van der Waals surface area contributed by atoms with E-state index < -0.39 is 36.0 Å². The van der Waals surface area contributed by atoms with Gasteiger partial charge in [0, 0.05) is 5.56 Å². The summed E-state index contributed by atoms with van der Waals surface area (Å²) in [5.41, 5.74) is -1.47. The van der Waals surface area contributed by atoms with Crippen molar-refractivity contribution in [2.75, 3.05) is 0 Å². The predicted octanol–water partition coefficient (Wildman–Crippen LogP) is 3.57. The van der Waals surface area contributed by atoms with E-state index in [2.05, 4.69) is 4.74 Å². The lowest BCUT2D eigenvalue weighted by Crippen LogP contribution is -2.07. The van der Waals surface area contributed by atoms with Gasteiger partial charge in [0.05, 0.1) is 5.56 Å².